The molecule has 1 N–H and O–H groups in total. The Kier molecular flexibility index (Phi) is 5.51. The maximum atomic E-state index is 13.3. The topological polar surface area (TPSA) is 92.1 Å². The molecule has 0 aliphatic carbocycles. The molecule has 2 aromatic heterocycles. The average molecular weight is 439 g/mol. The van der Waals surface area contributed by atoms with E-state index < -0.39 is 24.0 Å². The van der Waals surface area contributed by atoms with Crippen LogP contribution in [0, 0.1) is 0 Å². The van der Waals surface area contributed by atoms with E-state index >= 15 is 0 Å². The van der Waals surface area contributed by atoms with Gasteiger partial charge in [-0.2, -0.15) is 0 Å². The minimum Gasteiger partial charge on any atom is -0.497 e. The number of hydrogen-bond acceptors (Lipinski definition) is 6. The van der Waals surface area contributed by atoms with E-state index in [1.165, 1.54) is 17.6 Å². The number of thiophene rings is 1. The van der Waals surface area contributed by atoms with E-state index in [2.05, 4.69) is 5.32 Å². The molecule has 1 atom stereocenters. The fourth-order valence-corrected chi connectivity index (χ4v) is 4.13. The van der Waals surface area contributed by atoms with E-state index in [0.717, 1.165) is 9.78 Å². The van der Waals surface area contributed by atoms with Crippen molar-refractivity contribution < 1.29 is 23.5 Å². The number of nitrogens with one attached hydrogen (secondary N) is 1. The molecule has 0 spiro atoms. The van der Waals surface area contributed by atoms with Crippen LogP contribution >= 0.6 is 11.3 Å². The number of amides is 4. The summed E-state index contributed by atoms with van der Waals surface area (Å²) in [7, 11) is 1.57. The molecule has 1 aliphatic rings. The second kappa shape index (κ2) is 8.27. The van der Waals surface area contributed by atoms with Gasteiger partial charge in [-0.05, 0) is 54.8 Å². The summed E-state index contributed by atoms with van der Waals surface area (Å²) in [5.41, 5.74) is -0.709. The zero-order chi connectivity index (χ0) is 22.0. The first-order valence-corrected chi connectivity index (χ1v) is 10.5. The lowest BCUT2D eigenvalue weighted by atomic mass is 9.99. The van der Waals surface area contributed by atoms with Gasteiger partial charge in [-0.25, -0.2) is 4.79 Å². The summed E-state index contributed by atoms with van der Waals surface area (Å²) >= 11 is 1.52. The molecule has 0 radical (unpaired) electrons. The van der Waals surface area contributed by atoms with E-state index in [1.807, 2.05) is 17.5 Å². The van der Waals surface area contributed by atoms with Gasteiger partial charge >= 0.3 is 6.03 Å². The first kappa shape index (κ1) is 20.7. The number of hydrogen-bond donors (Lipinski definition) is 1. The van der Waals surface area contributed by atoms with Gasteiger partial charge in [0.2, 0.25) is 5.91 Å². The lowest BCUT2D eigenvalue weighted by Gasteiger charge is -2.25. The number of carbonyl (C=O) groups is 3. The lowest BCUT2D eigenvalue weighted by molar-refractivity contribution is -0.134. The Hall–Kier alpha value is -3.59. The Balaban J connectivity index is 1.58. The highest BCUT2D eigenvalue weighted by atomic mass is 32.1. The van der Waals surface area contributed by atoms with Crippen LogP contribution < -0.4 is 15.0 Å². The SMILES string of the molecule is COc1ccc(N(Cc2cccs2)C(=O)CN2C(=O)N[C@@](C)(c3ccco3)C2=O)cc1. The highest BCUT2D eigenvalue weighted by molar-refractivity contribution is 7.09. The van der Waals surface area contributed by atoms with Crippen molar-refractivity contribution in [1.82, 2.24) is 10.2 Å². The number of furan rings is 1. The minimum atomic E-state index is -1.35. The quantitative estimate of drug-likeness (QED) is 0.570. The van der Waals surface area contributed by atoms with Crippen LogP contribution in [0.2, 0.25) is 0 Å². The Morgan fingerprint density at radius 2 is 1.97 bits per heavy atom. The summed E-state index contributed by atoms with van der Waals surface area (Å²) in [4.78, 5) is 42.3. The van der Waals surface area contributed by atoms with Crippen LogP contribution in [0.3, 0.4) is 0 Å². The highest BCUT2D eigenvalue weighted by Crippen LogP contribution is 2.30. The summed E-state index contributed by atoms with van der Waals surface area (Å²) in [5, 5.41) is 4.56. The second-order valence-electron chi connectivity index (χ2n) is 7.18. The number of carbonyl (C=O) groups excluding carboxylic acids is 3. The molecule has 3 aromatic rings. The molecule has 160 valence electrons. The van der Waals surface area contributed by atoms with Crippen LogP contribution in [0.1, 0.15) is 17.6 Å². The molecular weight excluding hydrogens is 418 g/mol. The number of anilines is 1. The van der Waals surface area contributed by atoms with E-state index in [4.69, 9.17) is 9.15 Å². The van der Waals surface area contributed by atoms with Crippen molar-refractivity contribution in [1.29, 1.82) is 0 Å². The monoisotopic (exact) mass is 439 g/mol. The third-order valence-electron chi connectivity index (χ3n) is 5.16. The summed E-state index contributed by atoms with van der Waals surface area (Å²) in [6.07, 6.45) is 1.43. The Morgan fingerprint density at radius 3 is 2.58 bits per heavy atom. The van der Waals surface area contributed by atoms with Gasteiger partial charge in [0.05, 0.1) is 19.9 Å². The zero-order valence-corrected chi connectivity index (χ0v) is 17.8. The molecule has 1 aromatic carbocycles. The third-order valence-corrected chi connectivity index (χ3v) is 6.02. The van der Waals surface area contributed by atoms with Crippen LogP contribution in [0.25, 0.3) is 0 Å². The first-order chi connectivity index (χ1) is 14.9. The van der Waals surface area contributed by atoms with Gasteiger partial charge in [-0.3, -0.25) is 14.5 Å². The number of methoxy groups -OCH3 is 1. The molecule has 4 rings (SSSR count). The van der Waals surface area contributed by atoms with Crippen molar-refractivity contribution in [3.05, 3.63) is 70.8 Å². The smallest absolute Gasteiger partial charge is 0.325 e. The van der Waals surface area contributed by atoms with Crippen molar-refractivity contribution in [3.8, 4) is 5.75 Å². The standard InChI is InChI=1S/C22H21N3O5S/c1-22(18-6-3-11-30-18)20(27)25(21(28)23-22)14-19(26)24(13-17-5-4-12-31-17)15-7-9-16(29-2)10-8-15/h3-12H,13-14H2,1-2H3,(H,23,28)/t22-/m0/s1. The largest absolute Gasteiger partial charge is 0.497 e. The second-order valence-corrected chi connectivity index (χ2v) is 8.21. The van der Waals surface area contributed by atoms with Crippen molar-refractivity contribution in [2.45, 2.75) is 19.0 Å². The van der Waals surface area contributed by atoms with E-state index in [-0.39, 0.29) is 5.91 Å². The zero-order valence-electron chi connectivity index (χ0n) is 17.0. The number of ether oxygens (including phenoxy) is 1. The van der Waals surface area contributed by atoms with Gasteiger partial charge in [-0.15, -0.1) is 11.3 Å². The summed E-state index contributed by atoms with van der Waals surface area (Å²) in [6.45, 7) is 1.49. The predicted molar refractivity (Wildman–Crippen MR) is 115 cm³/mol. The molecule has 1 aliphatic heterocycles. The average Bonchev–Trinajstić information content (AvgIpc) is 3.52. The molecule has 1 saturated heterocycles. The van der Waals surface area contributed by atoms with Gasteiger partial charge in [-0.1, -0.05) is 6.07 Å². The molecule has 3 heterocycles. The van der Waals surface area contributed by atoms with Crippen LogP contribution in [-0.2, 0) is 21.7 Å². The predicted octanol–water partition coefficient (Wildman–Crippen LogP) is 3.35. The maximum absolute atomic E-state index is 13.3. The lowest BCUT2D eigenvalue weighted by Crippen LogP contribution is -2.44. The molecule has 0 saturated carbocycles. The fraction of sp³-hybridized carbons (Fsp3) is 0.227. The normalized spacial score (nSPS) is 18.2. The molecule has 31 heavy (non-hydrogen) atoms. The molecule has 4 amide bonds. The van der Waals surface area contributed by atoms with E-state index in [0.29, 0.717) is 23.7 Å². The van der Waals surface area contributed by atoms with Gasteiger partial charge in [0.1, 0.15) is 18.1 Å². The summed E-state index contributed by atoms with van der Waals surface area (Å²) < 4.78 is 10.5. The van der Waals surface area contributed by atoms with E-state index in [9.17, 15) is 14.4 Å². The fourth-order valence-electron chi connectivity index (χ4n) is 3.44. The van der Waals surface area contributed by atoms with Gasteiger partial charge in [0.15, 0.2) is 5.54 Å². The number of rotatable bonds is 7. The van der Waals surface area contributed by atoms with Crippen LogP contribution in [0.15, 0.2) is 64.6 Å². The summed E-state index contributed by atoms with van der Waals surface area (Å²) in [6, 6.07) is 13.5. The highest BCUT2D eigenvalue weighted by Gasteiger charge is 2.51. The van der Waals surface area contributed by atoms with Crippen molar-refractivity contribution in [3.63, 3.8) is 0 Å². The Bertz CT molecular complexity index is 1080. The number of benzene rings is 1. The third kappa shape index (κ3) is 3.91. The molecule has 8 nitrogen and oxygen atoms in total. The van der Waals surface area contributed by atoms with Crippen LogP contribution in [0.5, 0.6) is 5.75 Å². The molecule has 1 fully saturated rings. The maximum Gasteiger partial charge on any atom is 0.325 e. The Labute approximate surface area is 183 Å². The number of nitrogens with zero attached hydrogens (tertiary/aromatic N) is 2. The first-order valence-electron chi connectivity index (χ1n) is 9.57. The van der Waals surface area contributed by atoms with Gasteiger partial charge in [0, 0.05) is 10.6 Å². The van der Waals surface area contributed by atoms with Crippen molar-refractivity contribution in [2.24, 2.45) is 0 Å². The Morgan fingerprint density at radius 1 is 1.19 bits per heavy atom. The molecule has 0 bridgehead atoms. The molecular formula is C22H21N3O5S. The minimum absolute atomic E-state index is 0.311. The molecule has 9 heteroatoms. The number of imide groups is 1. The van der Waals surface area contributed by atoms with Crippen molar-refractivity contribution >= 4 is 34.9 Å². The van der Waals surface area contributed by atoms with Gasteiger partial charge < -0.3 is 19.4 Å². The van der Waals surface area contributed by atoms with Crippen LogP contribution in [-0.4, -0.2) is 36.4 Å². The van der Waals surface area contributed by atoms with Gasteiger partial charge in [0.25, 0.3) is 5.91 Å². The summed E-state index contributed by atoms with van der Waals surface area (Å²) in [5.74, 6) is 0.0550. The number of urea groups is 1. The van der Waals surface area contributed by atoms with Crippen LogP contribution in [0.4, 0.5) is 10.5 Å². The molecule has 0 unspecified atom stereocenters. The van der Waals surface area contributed by atoms with E-state index in [1.54, 1.807) is 55.3 Å². The van der Waals surface area contributed by atoms with Crippen molar-refractivity contribution in [2.75, 3.05) is 18.6 Å².